The van der Waals surface area contributed by atoms with Crippen molar-refractivity contribution in [3.63, 3.8) is 0 Å². The summed E-state index contributed by atoms with van der Waals surface area (Å²) in [5.41, 5.74) is 21.0. The first kappa shape index (κ1) is 11.1. The van der Waals surface area contributed by atoms with Crippen molar-refractivity contribution in [1.82, 2.24) is 0 Å². The van der Waals surface area contributed by atoms with E-state index in [2.05, 4.69) is 0 Å². The van der Waals surface area contributed by atoms with Gasteiger partial charge in [0.2, 0.25) is 0 Å². The first-order chi connectivity index (χ1) is 5.63. The molecule has 0 fully saturated rings. The molecule has 0 aromatic heterocycles. The second kappa shape index (κ2) is 6.75. The van der Waals surface area contributed by atoms with Crippen LogP contribution in [0.25, 0.3) is 0 Å². The fourth-order valence-corrected chi connectivity index (χ4v) is 0.513. The Balaban J connectivity index is 3.63. The van der Waals surface area contributed by atoms with E-state index in [0.29, 0.717) is 0 Å². The zero-order chi connectivity index (χ0) is 9.40. The quantitative estimate of drug-likeness (QED) is 0.324. The summed E-state index contributed by atoms with van der Waals surface area (Å²) in [5.74, 6) is 0. The average Bonchev–Trinajstić information content (AvgIpc) is 1.95. The van der Waals surface area contributed by atoms with Crippen LogP contribution in [0.4, 0.5) is 0 Å². The van der Waals surface area contributed by atoms with E-state index in [1.807, 2.05) is 0 Å². The molecule has 8 N–H and O–H groups in total. The molecule has 0 aliphatic heterocycles. The summed E-state index contributed by atoms with van der Waals surface area (Å²) in [7, 11) is 0. The van der Waals surface area contributed by atoms with E-state index in [4.69, 9.17) is 22.9 Å². The molecule has 0 aromatic rings. The number of rotatable bonds is 4. The smallest absolute Gasteiger partial charge is 0.0716 e. The number of hydrogen-bond donors (Lipinski definition) is 4. The van der Waals surface area contributed by atoms with E-state index in [0.717, 1.165) is 0 Å². The van der Waals surface area contributed by atoms with Crippen LogP contribution in [-0.2, 0) is 0 Å². The number of nitrogens with two attached hydrogens (primary N) is 4. The molecule has 0 unspecified atom stereocenters. The zero-order valence-corrected chi connectivity index (χ0v) is 6.93. The van der Waals surface area contributed by atoms with Gasteiger partial charge in [-0.1, -0.05) is 36.5 Å². The Labute approximate surface area is 72.6 Å². The molecule has 0 saturated carbocycles. The molecule has 68 valence electrons. The molecule has 0 aliphatic rings. The maximum atomic E-state index is 5.25. The van der Waals surface area contributed by atoms with Gasteiger partial charge in [-0.25, -0.2) is 0 Å². The average molecular weight is 168 g/mol. The van der Waals surface area contributed by atoms with Crippen LogP contribution in [0.5, 0.6) is 0 Å². The summed E-state index contributed by atoms with van der Waals surface area (Å²) in [5, 5.41) is 0. The molecule has 0 aliphatic carbocycles. The predicted molar refractivity (Wildman–Crippen MR) is 51.7 cm³/mol. The zero-order valence-electron chi connectivity index (χ0n) is 6.93. The molecule has 0 amide bonds. The van der Waals surface area contributed by atoms with Gasteiger partial charge in [-0.3, -0.25) is 0 Å². The lowest BCUT2D eigenvalue weighted by molar-refractivity contribution is 0.875. The van der Waals surface area contributed by atoms with Crippen molar-refractivity contribution in [3.05, 3.63) is 36.5 Å². The highest BCUT2D eigenvalue weighted by molar-refractivity contribution is 5.12. The molecule has 4 heteroatoms. The third kappa shape index (κ3) is 9.06. The summed E-state index contributed by atoms with van der Waals surface area (Å²) in [4.78, 5) is 0. The van der Waals surface area contributed by atoms with Gasteiger partial charge in [0.1, 0.15) is 0 Å². The fourth-order valence-electron chi connectivity index (χ4n) is 0.513. The Morgan fingerprint density at radius 1 is 0.583 bits per heavy atom. The molecular formula is C8H16N4. The summed E-state index contributed by atoms with van der Waals surface area (Å²) in [6, 6.07) is 0. The SMILES string of the molecule is NC(N)/C=C/C=C/C=C/C(N)N. The molecule has 0 spiro atoms. The fraction of sp³-hybridized carbons (Fsp3) is 0.250. The van der Waals surface area contributed by atoms with Crippen LogP contribution in [0.1, 0.15) is 0 Å². The van der Waals surface area contributed by atoms with Gasteiger partial charge in [-0.2, -0.15) is 0 Å². The van der Waals surface area contributed by atoms with E-state index in [9.17, 15) is 0 Å². The van der Waals surface area contributed by atoms with Gasteiger partial charge in [0.05, 0.1) is 12.3 Å². The molecule has 0 heterocycles. The molecule has 0 atom stereocenters. The van der Waals surface area contributed by atoms with Gasteiger partial charge in [0.15, 0.2) is 0 Å². The second-order valence-corrected chi connectivity index (χ2v) is 2.31. The lowest BCUT2D eigenvalue weighted by atomic mass is 10.3. The summed E-state index contributed by atoms with van der Waals surface area (Å²) in [6.45, 7) is 0. The standard InChI is InChI=1S/C8H16N4/c9-7(10)5-3-1-2-4-6-8(11)12/h1-8H,9-12H2/b2-1+,5-3+,6-4+. The molecule has 0 saturated heterocycles. The van der Waals surface area contributed by atoms with Gasteiger partial charge >= 0.3 is 0 Å². The Hall–Kier alpha value is -0.940. The molecule has 0 radical (unpaired) electrons. The molecule has 4 nitrogen and oxygen atoms in total. The van der Waals surface area contributed by atoms with Gasteiger partial charge in [-0.15, -0.1) is 0 Å². The topological polar surface area (TPSA) is 104 Å². The van der Waals surface area contributed by atoms with Crippen molar-refractivity contribution in [1.29, 1.82) is 0 Å². The van der Waals surface area contributed by atoms with E-state index in [1.165, 1.54) is 0 Å². The van der Waals surface area contributed by atoms with Crippen LogP contribution < -0.4 is 22.9 Å². The minimum absolute atomic E-state index is 0.407. The third-order valence-electron chi connectivity index (χ3n) is 1.00. The monoisotopic (exact) mass is 168 g/mol. The van der Waals surface area contributed by atoms with Gasteiger partial charge in [0.25, 0.3) is 0 Å². The highest BCUT2D eigenvalue weighted by atomic mass is 14.8. The number of allylic oxidation sites excluding steroid dienone is 4. The highest BCUT2D eigenvalue weighted by Crippen LogP contribution is 1.80. The van der Waals surface area contributed by atoms with Gasteiger partial charge < -0.3 is 22.9 Å². The van der Waals surface area contributed by atoms with Gasteiger partial charge in [0, 0.05) is 0 Å². The molecule has 0 bridgehead atoms. The summed E-state index contributed by atoms with van der Waals surface area (Å²) >= 11 is 0. The highest BCUT2D eigenvalue weighted by Gasteiger charge is 1.79. The van der Waals surface area contributed by atoms with Crippen molar-refractivity contribution < 1.29 is 0 Å². The van der Waals surface area contributed by atoms with E-state index < -0.39 is 12.3 Å². The lowest BCUT2D eigenvalue weighted by Gasteiger charge is -1.91. The third-order valence-corrected chi connectivity index (χ3v) is 1.00. The first-order valence-electron chi connectivity index (χ1n) is 3.67. The Kier molecular flexibility index (Phi) is 6.22. The van der Waals surface area contributed by atoms with Crippen LogP contribution in [0.15, 0.2) is 36.5 Å². The first-order valence-corrected chi connectivity index (χ1v) is 3.67. The van der Waals surface area contributed by atoms with E-state index >= 15 is 0 Å². The lowest BCUT2D eigenvalue weighted by Crippen LogP contribution is -2.27. The van der Waals surface area contributed by atoms with Gasteiger partial charge in [-0.05, 0) is 0 Å². The van der Waals surface area contributed by atoms with Crippen LogP contribution >= 0.6 is 0 Å². The Morgan fingerprint density at radius 3 is 1.17 bits per heavy atom. The van der Waals surface area contributed by atoms with E-state index in [1.54, 1.807) is 36.5 Å². The van der Waals surface area contributed by atoms with Crippen molar-refractivity contribution in [3.8, 4) is 0 Å². The van der Waals surface area contributed by atoms with Crippen molar-refractivity contribution in [2.75, 3.05) is 0 Å². The predicted octanol–water partition coefficient (Wildman–Crippen LogP) is -0.858. The summed E-state index contributed by atoms with van der Waals surface area (Å²) in [6.07, 6.45) is 9.65. The second-order valence-electron chi connectivity index (χ2n) is 2.31. The van der Waals surface area contributed by atoms with Crippen LogP contribution in [0, 0.1) is 0 Å². The molecule has 12 heavy (non-hydrogen) atoms. The van der Waals surface area contributed by atoms with Crippen molar-refractivity contribution >= 4 is 0 Å². The normalized spacial score (nSPS) is 13.5. The van der Waals surface area contributed by atoms with Crippen molar-refractivity contribution in [2.24, 2.45) is 22.9 Å². The summed E-state index contributed by atoms with van der Waals surface area (Å²) < 4.78 is 0. The Morgan fingerprint density at radius 2 is 0.917 bits per heavy atom. The molecule has 0 aromatic carbocycles. The van der Waals surface area contributed by atoms with Crippen LogP contribution in [0.2, 0.25) is 0 Å². The largest absolute Gasteiger partial charge is 0.313 e. The maximum Gasteiger partial charge on any atom is 0.0716 e. The van der Waals surface area contributed by atoms with Crippen LogP contribution in [0.3, 0.4) is 0 Å². The molecular weight excluding hydrogens is 152 g/mol. The Bertz CT molecular complexity index is 159. The molecule has 0 rings (SSSR count). The minimum Gasteiger partial charge on any atom is -0.313 e. The van der Waals surface area contributed by atoms with E-state index in [-0.39, 0.29) is 0 Å². The number of hydrogen-bond acceptors (Lipinski definition) is 4. The minimum atomic E-state index is -0.407. The maximum absolute atomic E-state index is 5.25. The van der Waals surface area contributed by atoms with Crippen LogP contribution in [-0.4, -0.2) is 12.3 Å². The van der Waals surface area contributed by atoms with Crippen molar-refractivity contribution in [2.45, 2.75) is 12.3 Å².